The lowest BCUT2D eigenvalue weighted by Gasteiger charge is -2.24. The SMILES string of the molecule is Cc1ccc(CN2C(=O)CCC2CC(=O)OCCS(=O)c2ccc(Cl)cc2)cc1. The second-order valence-corrected chi connectivity index (χ2v) is 9.14. The third-order valence-corrected chi connectivity index (χ3v) is 6.52. The van der Waals surface area contributed by atoms with Crippen LogP contribution in [0.1, 0.15) is 30.4 Å². The highest BCUT2D eigenvalue weighted by Crippen LogP contribution is 2.24. The normalized spacial score (nSPS) is 17.4. The third kappa shape index (κ3) is 6.15. The van der Waals surface area contributed by atoms with Gasteiger partial charge in [-0.3, -0.25) is 13.8 Å². The number of aryl methyl sites for hydroxylation is 1. The summed E-state index contributed by atoms with van der Waals surface area (Å²) in [4.78, 5) is 26.9. The molecular formula is C22H24ClNO4S. The van der Waals surface area contributed by atoms with E-state index >= 15 is 0 Å². The maximum absolute atomic E-state index is 12.2. The van der Waals surface area contributed by atoms with Gasteiger partial charge in [0.15, 0.2) is 0 Å². The fraction of sp³-hybridized carbons (Fsp3) is 0.364. The lowest BCUT2D eigenvalue weighted by atomic mass is 10.1. The van der Waals surface area contributed by atoms with Crippen molar-refractivity contribution in [3.05, 3.63) is 64.7 Å². The Bertz CT molecular complexity index is 883. The number of nitrogens with zero attached hydrogens (tertiary/aromatic N) is 1. The third-order valence-electron chi connectivity index (χ3n) is 4.94. The summed E-state index contributed by atoms with van der Waals surface area (Å²) in [6.45, 7) is 2.59. The standard InChI is InChI=1S/C22H24ClNO4S/c1-16-2-4-17(5-3-16)15-24-19(8-11-21(24)25)14-22(26)28-12-13-29(27)20-9-6-18(23)7-10-20/h2-7,9-10,19H,8,11-15H2,1H3. The molecule has 5 nitrogen and oxygen atoms in total. The van der Waals surface area contributed by atoms with Gasteiger partial charge < -0.3 is 9.64 Å². The number of hydrogen-bond acceptors (Lipinski definition) is 4. The van der Waals surface area contributed by atoms with Gasteiger partial charge in [-0.15, -0.1) is 0 Å². The first kappa shape index (κ1) is 21.5. The average Bonchev–Trinajstić information content (AvgIpc) is 3.03. The van der Waals surface area contributed by atoms with E-state index in [2.05, 4.69) is 0 Å². The fourth-order valence-electron chi connectivity index (χ4n) is 3.30. The second-order valence-electron chi connectivity index (χ2n) is 7.13. The van der Waals surface area contributed by atoms with Gasteiger partial charge in [-0.2, -0.15) is 0 Å². The zero-order valence-electron chi connectivity index (χ0n) is 16.3. The van der Waals surface area contributed by atoms with Gasteiger partial charge in [0, 0.05) is 28.9 Å². The number of ether oxygens (including phenoxy) is 1. The highest BCUT2D eigenvalue weighted by Gasteiger charge is 2.32. The number of halogens is 1. The predicted octanol–water partition coefficient (Wildman–Crippen LogP) is 3.88. The molecule has 2 atom stereocenters. The van der Waals surface area contributed by atoms with E-state index in [-0.39, 0.29) is 36.7 Å². The molecular weight excluding hydrogens is 410 g/mol. The van der Waals surface area contributed by atoms with Crippen molar-refractivity contribution in [2.75, 3.05) is 12.4 Å². The summed E-state index contributed by atoms with van der Waals surface area (Å²) in [5.41, 5.74) is 2.21. The van der Waals surface area contributed by atoms with Crippen molar-refractivity contribution in [1.82, 2.24) is 4.90 Å². The molecule has 1 fully saturated rings. The lowest BCUT2D eigenvalue weighted by Crippen LogP contribution is -2.34. The summed E-state index contributed by atoms with van der Waals surface area (Å²) in [7, 11) is -1.25. The van der Waals surface area contributed by atoms with Gasteiger partial charge in [-0.1, -0.05) is 41.4 Å². The number of benzene rings is 2. The maximum Gasteiger partial charge on any atom is 0.307 e. The van der Waals surface area contributed by atoms with Crippen molar-refractivity contribution in [3.63, 3.8) is 0 Å². The molecule has 0 N–H and O–H groups in total. The average molecular weight is 434 g/mol. The van der Waals surface area contributed by atoms with E-state index in [1.807, 2.05) is 31.2 Å². The van der Waals surface area contributed by atoms with Crippen molar-refractivity contribution in [3.8, 4) is 0 Å². The van der Waals surface area contributed by atoms with Gasteiger partial charge in [0.2, 0.25) is 5.91 Å². The maximum atomic E-state index is 12.2. The van der Waals surface area contributed by atoms with E-state index in [0.29, 0.717) is 29.3 Å². The first-order valence-corrected chi connectivity index (χ1v) is 11.3. The number of amides is 1. The minimum Gasteiger partial charge on any atom is -0.465 e. The van der Waals surface area contributed by atoms with Crippen molar-refractivity contribution in [2.24, 2.45) is 0 Å². The summed E-state index contributed by atoms with van der Waals surface area (Å²) in [6.07, 6.45) is 1.26. The molecule has 1 saturated heterocycles. The van der Waals surface area contributed by atoms with Gasteiger partial charge in [0.1, 0.15) is 6.61 Å². The Balaban J connectivity index is 1.47. The molecule has 0 saturated carbocycles. The smallest absolute Gasteiger partial charge is 0.307 e. The molecule has 3 rings (SSSR count). The predicted molar refractivity (Wildman–Crippen MR) is 113 cm³/mol. The van der Waals surface area contributed by atoms with Crippen LogP contribution in [0.4, 0.5) is 0 Å². The van der Waals surface area contributed by atoms with Crippen LogP contribution >= 0.6 is 11.6 Å². The van der Waals surface area contributed by atoms with Gasteiger partial charge in [0.25, 0.3) is 0 Å². The molecule has 1 aliphatic heterocycles. The Kier molecular flexibility index (Phi) is 7.45. The molecule has 7 heteroatoms. The molecule has 0 bridgehead atoms. The summed E-state index contributed by atoms with van der Waals surface area (Å²) in [6, 6.07) is 14.6. The van der Waals surface area contributed by atoms with Gasteiger partial charge >= 0.3 is 5.97 Å². The van der Waals surface area contributed by atoms with Crippen molar-refractivity contribution in [1.29, 1.82) is 0 Å². The topological polar surface area (TPSA) is 63.7 Å². The van der Waals surface area contributed by atoms with Crippen molar-refractivity contribution in [2.45, 2.75) is 43.7 Å². The summed E-state index contributed by atoms with van der Waals surface area (Å²) < 4.78 is 17.5. The largest absolute Gasteiger partial charge is 0.465 e. The summed E-state index contributed by atoms with van der Waals surface area (Å²) >= 11 is 5.83. The van der Waals surface area contributed by atoms with E-state index < -0.39 is 10.8 Å². The first-order valence-electron chi connectivity index (χ1n) is 9.57. The fourth-order valence-corrected chi connectivity index (χ4v) is 4.34. The number of likely N-dealkylation sites (tertiary alicyclic amines) is 1. The van der Waals surface area contributed by atoms with Crippen LogP contribution in [0.15, 0.2) is 53.4 Å². The van der Waals surface area contributed by atoms with E-state index in [1.54, 1.807) is 29.2 Å². The van der Waals surface area contributed by atoms with Crippen LogP contribution in [0.2, 0.25) is 5.02 Å². The van der Waals surface area contributed by atoms with Crippen LogP contribution in [0, 0.1) is 6.92 Å². The lowest BCUT2D eigenvalue weighted by molar-refractivity contribution is -0.144. The monoisotopic (exact) mass is 433 g/mol. The molecule has 0 spiro atoms. The van der Waals surface area contributed by atoms with Crippen LogP contribution in [0.25, 0.3) is 0 Å². The Labute approximate surface area is 178 Å². The summed E-state index contributed by atoms with van der Waals surface area (Å²) in [5.74, 6) is -0.0803. The molecule has 0 aliphatic carbocycles. The number of carbonyl (C=O) groups excluding carboxylic acids is 2. The first-order chi connectivity index (χ1) is 13.9. The number of esters is 1. The zero-order valence-corrected chi connectivity index (χ0v) is 17.9. The van der Waals surface area contributed by atoms with E-state index in [1.165, 1.54) is 0 Å². The van der Waals surface area contributed by atoms with Gasteiger partial charge in [-0.05, 0) is 43.2 Å². The van der Waals surface area contributed by atoms with Crippen LogP contribution in [-0.2, 0) is 31.7 Å². The zero-order chi connectivity index (χ0) is 20.8. The molecule has 2 aromatic carbocycles. The van der Waals surface area contributed by atoms with Gasteiger partial charge in [-0.25, -0.2) is 0 Å². The molecule has 154 valence electrons. The van der Waals surface area contributed by atoms with Crippen LogP contribution in [0.3, 0.4) is 0 Å². The number of rotatable bonds is 8. The number of carbonyl (C=O) groups is 2. The van der Waals surface area contributed by atoms with Crippen LogP contribution < -0.4 is 0 Å². The van der Waals surface area contributed by atoms with Crippen molar-refractivity contribution < 1.29 is 18.5 Å². The molecule has 29 heavy (non-hydrogen) atoms. The van der Waals surface area contributed by atoms with E-state index in [0.717, 1.165) is 11.1 Å². The molecule has 0 aromatic heterocycles. The molecule has 1 amide bonds. The molecule has 2 aromatic rings. The second kappa shape index (κ2) is 10.0. The summed E-state index contributed by atoms with van der Waals surface area (Å²) in [5, 5.41) is 0.582. The highest BCUT2D eigenvalue weighted by molar-refractivity contribution is 7.85. The Morgan fingerprint density at radius 2 is 1.86 bits per heavy atom. The minimum absolute atomic E-state index is 0.0622. The number of hydrogen-bond donors (Lipinski definition) is 0. The molecule has 1 heterocycles. The van der Waals surface area contributed by atoms with Gasteiger partial charge in [0.05, 0.1) is 23.0 Å². The van der Waals surface area contributed by atoms with Crippen molar-refractivity contribution >= 4 is 34.3 Å². The highest BCUT2D eigenvalue weighted by atomic mass is 35.5. The van der Waals surface area contributed by atoms with E-state index in [4.69, 9.17) is 16.3 Å². The minimum atomic E-state index is -1.25. The molecule has 1 aliphatic rings. The van der Waals surface area contributed by atoms with Crippen LogP contribution in [0.5, 0.6) is 0 Å². The Morgan fingerprint density at radius 1 is 1.17 bits per heavy atom. The molecule has 2 unspecified atom stereocenters. The van der Waals surface area contributed by atoms with Crippen LogP contribution in [-0.4, -0.2) is 39.4 Å². The Hall–Kier alpha value is -2.18. The van der Waals surface area contributed by atoms with E-state index in [9.17, 15) is 13.8 Å². The quantitative estimate of drug-likeness (QED) is 0.592. The Morgan fingerprint density at radius 3 is 2.55 bits per heavy atom. The molecule has 0 radical (unpaired) electrons.